The number of nitrogens with one attached hydrogen (secondary N) is 1. The van der Waals surface area contributed by atoms with E-state index in [4.69, 9.17) is 25.8 Å². The Labute approximate surface area is 174 Å². The summed E-state index contributed by atoms with van der Waals surface area (Å²) >= 11 is 6.16. The highest BCUT2D eigenvalue weighted by atomic mass is 35.5. The van der Waals surface area contributed by atoms with Gasteiger partial charge in [-0.05, 0) is 25.0 Å². The van der Waals surface area contributed by atoms with Crippen molar-refractivity contribution in [2.24, 2.45) is 5.92 Å². The molecule has 0 fully saturated rings. The Balaban J connectivity index is 2.67. The zero-order valence-corrected chi connectivity index (χ0v) is 17.7. The number of nitrogens with zero attached hydrogens (tertiary/aromatic N) is 2. The third-order valence-corrected chi connectivity index (χ3v) is 4.67. The minimum atomic E-state index is -1.70. The van der Waals surface area contributed by atoms with Crippen molar-refractivity contribution in [3.8, 4) is 11.8 Å². The Hall–Kier alpha value is -2.87. The van der Waals surface area contributed by atoms with Gasteiger partial charge in [0, 0.05) is 0 Å². The van der Waals surface area contributed by atoms with Crippen molar-refractivity contribution < 1.29 is 23.8 Å². The molecule has 9 heteroatoms. The molecular formula is C20H24ClN3O5. The van der Waals surface area contributed by atoms with Crippen LogP contribution in [0, 0.1) is 5.92 Å². The first-order chi connectivity index (χ1) is 13.8. The summed E-state index contributed by atoms with van der Waals surface area (Å²) in [6.45, 7) is 5.28. The first-order valence-corrected chi connectivity index (χ1v) is 9.39. The van der Waals surface area contributed by atoms with E-state index in [1.807, 2.05) is 0 Å². The molecule has 0 aliphatic rings. The van der Waals surface area contributed by atoms with Crippen molar-refractivity contribution in [1.29, 1.82) is 0 Å². The minimum absolute atomic E-state index is 0.0115. The van der Waals surface area contributed by atoms with Crippen molar-refractivity contribution in [2.45, 2.75) is 26.3 Å². The Morgan fingerprint density at radius 1 is 1.14 bits per heavy atom. The van der Waals surface area contributed by atoms with Crippen molar-refractivity contribution in [3.05, 3.63) is 46.7 Å². The lowest BCUT2D eigenvalue weighted by Gasteiger charge is -2.34. The van der Waals surface area contributed by atoms with E-state index < -0.39 is 23.3 Å². The Morgan fingerprint density at radius 2 is 1.72 bits per heavy atom. The number of methoxy groups -OCH3 is 2. The van der Waals surface area contributed by atoms with Crippen molar-refractivity contribution in [3.63, 3.8) is 0 Å². The van der Waals surface area contributed by atoms with Gasteiger partial charge < -0.3 is 19.5 Å². The number of halogens is 1. The number of esters is 1. The molecule has 2 aromatic rings. The molecular weight excluding hydrogens is 398 g/mol. The molecule has 2 rings (SSSR count). The number of hydrogen-bond acceptors (Lipinski definition) is 7. The van der Waals surface area contributed by atoms with E-state index in [9.17, 15) is 9.59 Å². The van der Waals surface area contributed by atoms with Crippen molar-refractivity contribution >= 4 is 23.5 Å². The predicted octanol–water partition coefficient (Wildman–Crippen LogP) is 2.99. The standard InChI is InChI=1S/C20H24ClN3O5/c1-6-29-19(26)20(12(2)3,18-22-15(27-4)11-16(23-18)28-5)24-17(25)13-9-7-8-10-14(13)21/h7-12H,6H2,1-5H3,(H,24,25). The largest absolute Gasteiger partial charge is 0.481 e. The number of aromatic nitrogens is 2. The molecule has 0 radical (unpaired) electrons. The third-order valence-electron chi connectivity index (χ3n) is 4.34. The van der Waals surface area contributed by atoms with Gasteiger partial charge in [0.1, 0.15) is 0 Å². The van der Waals surface area contributed by atoms with Crippen LogP contribution in [0.3, 0.4) is 0 Å². The van der Waals surface area contributed by atoms with Gasteiger partial charge in [0.25, 0.3) is 5.91 Å². The molecule has 0 saturated heterocycles. The Morgan fingerprint density at radius 3 is 2.21 bits per heavy atom. The smallest absolute Gasteiger partial charge is 0.340 e. The van der Waals surface area contributed by atoms with Crippen molar-refractivity contribution in [2.75, 3.05) is 20.8 Å². The molecule has 8 nitrogen and oxygen atoms in total. The fourth-order valence-electron chi connectivity index (χ4n) is 2.76. The van der Waals surface area contributed by atoms with Crippen LogP contribution < -0.4 is 14.8 Å². The van der Waals surface area contributed by atoms with Gasteiger partial charge in [-0.15, -0.1) is 0 Å². The molecule has 1 aromatic carbocycles. The number of rotatable bonds is 8. The predicted molar refractivity (Wildman–Crippen MR) is 107 cm³/mol. The van der Waals surface area contributed by atoms with Gasteiger partial charge in [-0.3, -0.25) is 4.79 Å². The van der Waals surface area contributed by atoms with E-state index in [2.05, 4.69) is 15.3 Å². The third kappa shape index (κ3) is 4.59. The van der Waals surface area contributed by atoms with E-state index in [-0.39, 0.29) is 34.8 Å². The molecule has 0 aliphatic carbocycles. The highest BCUT2D eigenvalue weighted by Gasteiger charge is 2.50. The summed E-state index contributed by atoms with van der Waals surface area (Å²) in [5.74, 6) is -1.41. The molecule has 156 valence electrons. The van der Waals surface area contributed by atoms with Gasteiger partial charge in [-0.25, -0.2) is 4.79 Å². The van der Waals surface area contributed by atoms with Gasteiger partial charge in [0.15, 0.2) is 5.82 Å². The van der Waals surface area contributed by atoms with Crippen LogP contribution in [0.2, 0.25) is 5.02 Å². The monoisotopic (exact) mass is 421 g/mol. The van der Waals surface area contributed by atoms with Crippen LogP contribution in [0.4, 0.5) is 0 Å². The fraction of sp³-hybridized carbons (Fsp3) is 0.400. The Bertz CT molecular complexity index is 868. The number of carbonyl (C=O) groups excluding carboxylic acids is 2. The summed E-state index contributed by atoms with van der Waals surface area (Å²) in [6.07, 6.45) is 0. The first-order valence-electron chi connectivity index (χ1n) is 9.01. The second-order valence-corrected chi connectivity index (χ2v) is 6.80. The highest BCUT2D eigenvalue weighted by molar-refractivity contribution is 6.33. The summed E-state index contributed by atoms with van der Waals surface area (Å²) < 4.78 is 15.7. The maximum absolute atomic E-state index is 13.1. The number of carbonyl (C=O) groups is 2. The number of benzene rings is 1. The average Bonchev–Trinajstić information content (AvgIpc) is 2.71. The zero-order valence-electron chi connectivity index (χ0n) is 17.0. The van der Waals surface area contributed by atoms with Crippen LogP contribution in [0.1, 0.15) is 37.0 Å². The van der Waals surface area contributed by atoms with Crippen LogP contribution in [0.5, 0.6) is 11.8 Å². The molecule has 1 unspecified atom stereocenters. The molecule has 1 atom stereocenters. The van der Waals surface area contributed by atoms with Gasteiger partial charge in [0.2, 0.25) is 17.3 Å². The van der Waals surface area contributed by atoms with Crippen molar-refractivity contribution in [1.82, 2.24) is 15.3 Å². The van der Waals surface area contributed by atoms with Crippen LogP contribution in [0.15, 0.2) is 30.3 Å². The molecule has 1 N–H and O–H groups in total. The first kappa shape index (κ1) is 22.4. The average molecular weight is 422 g/mol. The lowest BCUT2D eigenvalue weighted by molar-refractivity contribution is -0.154. The van der Waals surface area contributed by atoms with Crippen LogP contribution in [-0.2, 0) is 15.1 Å². The van der Waals surface area contributed by atoms with Crippen LogP contribution in [0.25, 0.3) is 0 Å². The zero-order chi connectivity index (χ0) is 21.6. The fourth-order valence-corrected chi connectivity index (χ4v) is 2.98. The summed E-state index contributed by atoms with van der Waals surface area (Å²) in [5.41, 5.74) is -1.49. The van der Waals surface area contributed by atoms with Gasteiger partial charge in [0.05, 0.1) is 37.5 Å². The Kier molecular flexibility index (Phi) is 7.39. The molecule has 1 heterocycles. The van der Waals surface area contributed by atoms with E-state index >= 15 is 0 Å². The van der Waals surface area contributed by atoms with E-state index in [1.54, 1.807) is 45.0 Å². The van der Waals surface area contributed by atoms with E-state index in [0.29, 0.717) is 0 Å². The lowest BCUT2D eigenvalue weighted by atomic mass is 9.84. The summed E-state index contributed by atoms with van der Waals surface area (Å²) in [7, 11) is 2.85. The quantitative estimate of drug-likeness (QED) is 0.654. The molecule has 1 aromatic heterocycles. The maximum Gasteiger partial charge on any atom is 0.340 e. The highest BCUT2D eigenvalue weighted by Crippen LogP contribution is 2.32. The summed E-state index contributed by atoms with van der Waals surface area (Å²) in [6, 6.07) is 7.99. The van der Waals surface area contributed by atoms with E-state index in [0.717, 1.165) is 0 Å². The molecule has 0 spiro atoms. The SMILES string of the molecule is CCOC(=O)C(NC(=O)c1ccccc1Cl)(c1nc(OC)cc(OC)n1)C(C)C. The number of hydrogen-bond donors (Lipinski definition) is 1. The summed E-state index contributed by atoms with van der Waals surface area (Å²) in [4.78, 5) is 34.8. The molecule has 0 bridgehead atoms. The van der Waals surface area contributed by atoms with E-state index in [1.165, 1.54) is 20.3 Å². The van der Waals surface area contributed by atoms with Gasteiger partial charge in [-0.1, -0.05) is 37.6 Å². The lowest BCUT2D eigenvalue weighted by Crippen LogP contribution is -2.57. The second-order valence-electron chi connectivity index (χ2n) is 6.39. The van der Waals surface area contributed by atoms with Gasteiger partial charge >= 0.3 is 5.97 Å². The normalized spacial score (nSPS) is 12.8. The molecule has 29 heavy (non-hydrogen) atoms. The maximum atomic E-state index is 13.1. The number of amides is 1. The van der Waals surface area contributed by atoms with Crippen LogP contribution >= 0.6 is 11.6 Å². The van der Waals surface area contributed by atoms with Crippen LogP contribution in [-0.4, -0.2) is 42.7 Å². The molecule has 1 amide bonds. The molecule has 0 aliphatic heterocycles. The summed E-state index contributed by atoms with van der Waals surface area (Å²) in [5, 5.41) is 3.00. The topological polar surface area (TPSA) is 99.6 Å². The molecule has 0 saturated carbocycles. The second kappa shape index (κ2) is 9.56. The number of ether oxygens (including phenoxy) is 3. The minimum Gasteiger partial charge on any atom is -0.481 e. The van der Waals surface area contributed by atoms with Gasteiger partial charge in [-0.2, -0.15) is 9.97 Å².